The van der Waals surface area contributed by atoms with Gasteiger partial charge in [0.2, 0.25) is 0 Å². The highest BCUT2D eigenvalue weighted by molar-refractivity contribution is 7.84. The average molecular weight is 318 g/mol. The highest BCUT2D eigenvalue weighted by Crippen LogP contribution is 2.25. The molecule has 0 radical (unpaired) electrons. The maximum atomic E-state index is 12.0. The number of anilines is 2. The van der Waals surface area contributed by atoms with Crippen molar-refractivity contribution in [3.63, 3.8) is 0 Å². The number of hydrogen-bond donors (Lipinski definition) is 3. The number of nitrogens with one attached hydrogen (secondary N) is 2. The minimum absolute atomic E-state index is 0.0623. The third-order valence-corrected chi connectivity index (χ3v) is 5.04. The summed E-state index contributed by atoms with van der Waals surface area (Å²) in [5.74, 6) is 0.00802. The van der Waals surface area contributed by atoms with Crippen molar-refractivity contribution in [2.75, 3.05) is 23.9 Å². The molecule has 1 rings (SSSR count). The fourth-order valence-electron chi connectivity index (χ4n) is 1.44. The topological polar surface area (TPSA) is 97.1 Å². The van der Waals surface area contributed by atoms with Gasteiger partial charge in [0, 0.05) is 34.9 Å². The minimum Gasteiger partial charge on any atom is -0.382 e. The summed E-state index contributed by atoms with van der Waals surface area (Å²) in [6.07, 6.45) is 2.34. The Balaban J connectivity index is 2.55. The first-order valence-corrected chi connectivity index (χ1v) is 8.88. The lowest BCUT2D eigenvalue weighted by Gasteiger charge is -2.08. The van der Waals surface area contributed by atoms with Gasteiger partial charge in [-0.25, -0.2) is 4.98 Å². The van der Waals surface area contributed by atoms with Gasteiger partial charge in [0.25, 0.3) is 5.91 Å². The van der Waals surface area contributed by atoms with Crippen molar-refractivity contribution in [3.8, 4) is 0 Å². The zero-order valence-electron chi connectivity index (χ0n) is 12.2. The maximum Gasteiger partial charge on any atom is 0.265 e. The van der Waals surface area contributed by atoms with Crippen LogP contribution in [-0.2, 0) is 10.8 Å². The quantitative estimate of drug-likeness (QED) is 0.706. The van der Waals surface area contributed by atoms with E-state index in [2.05, 4.69) is 15.6 Å². The first-order chi connectivity index (χ1) is 9.31. The summed E-state index contributed by atoms with van der Waals surface area (Å²) in [5, 5.41) is 6.61. The predicted octanol–water partition coefficient (Wildman–Crippen LogP) is 1.43. The van der Waals surface area contributed by atoms with E-state index in [0.29, 0.717) is 23.0 Å². The molecule has 1 aromatic heterocycles. The molecule has 114 valence electrons. The Hall–Kier alpha value is -1.15. The number of hydrogen-bond acceptors (Lipinski definition) is 6. The second-order valence-corrected chi connectivity index (χ2v) is 7.69. The van der Waals surface area contributed by atoms with Gasteiger partial charge in [-0.1, -0.05) is 18.3 Å². The lowest BCUT2D eigenvalue weighted by atomic mass is 10.3. The molecule has 0 aromatic carbocycles. The van der Waals surface area contributed by atoms with Gasteiger partial charge in [-0.3, -0.25) is 9.00 Å². The highest BCUT2D eigenvalue weighted by Gasteiger charge is 2.16. The van der Waals surface area contributed by atoms with Gasteiger partial charge < -0.3 is 16.4 Å². The van der Waals surface area contributed by atoms with Crippen LogP contribution in [0.3, 0.4) is 0 Å². The van der Waals surface area contributed by atoms with Gasteiger partial charge in [0.05, 0.1) is 0 Å². The Morgan fingerprint density at radius 3 is 2.65 bits per heavy atom. The number of thiazole rings is 1. The Bertz CT molecular complexity index is 488. The van der Waals surface area contributed by atoms with Crippen molar-refractivity contribution < 1.29 is 9.00 Å². The first kappa shape index (κ1) is 16.9. The summed E-state index contributed by atoms with van der Waals surface area (Å²) in [6.45, 7) is 6.35. The molecule has 0 aliphatic rings. The van der Waals surface area contributed by atoms with Crippen molar-refractivity contribution in [2.24, 2.45) is 0 Å². The minimum atomic E-state index is -0.872. The van der Waals surface area contributed by atoms with E-state index in [9.17, 15) is 9.00 Å². The standard InChI is InChI=1S/C12H22N4O2S2/c1-7(2)15-12-16-10(13)9(19-12)11(17)14-6-5-8(3)20(4)18/h7-8H,5-6,13H2,1-4H3,(H,14,17)(H,15,16). The summed E-state index contributed by atoms with van der Waals surface area (Å²) >= 11 is 1.24. The second kappa shape index (κ2) is 7.58. The molecule has 2 unspecified atom stereocenters. The number of aromatic nitrogens is 1. The zero-order chi connectivity index (χ0) is 15.3. The van der Waals surface area contributed by atoms with Crippen LogP contribution in [0.15, 0.2) is 0 Å². The van der Waals surface area contributed by atoms with E-state index in [-0.39, 0.29) is 23.0 Å². The molecule has 2 atom stereocenters. The van der Waals surface area contributed by atoms with E-state index >= 15 is 0 Å². The Labute approximate surface area is 126 Å². The van der Waals surface area contributed by atoms with Crippen molar-refractivity contribution >= 4 is 39.0 Å². The van der Waals surface area contributed by atoms with Crippen LogP contribution in [0.25, 0.3) is 0 Å². The molecule has 8 heteroatoms. The van der Waals surface area contributed by atoms with Crippen molar-refractivity contribution in [3.05, 3.63) is 4.88 Å². The van der Waals surface area contributed by atoms with E-state index in [1.54, 1.807) is 6.26 Å². The normalized spacial score (nSPS) is 14.1. The van der Waals surface area contributed by atoms with E-state index in [0.717, 1.165) is 0 Å². The predicted molar refractivity (Wildman–Crippen MR) is 85.8 cm³/mol. The number of nitrogens with zero attached hydrogens (tertiary/aromatic N) is 1. The molecule has 20 heavy (non-hydrogen) atoms. The van der Waals surface area contributed by atoms with Gasteiger partial charge in [0.15, 0.2) is 5.13 Å². The average Bonchev–Trinajstić information content (AvgIpc) is 2.68. The third kappa shape index (κ3) is 5.09. The first-order valence-electron chi connectivity index (χ1n) is 6.44. The zero-order valence-corrected chi connectivity index (χ0v) is 13.9. The Morgan fingerprint density at radius 2 is 2.10 bits per heavy atom. The fraction of sp³-hybridized carbons (Fsp3) is 0.667. The molecule has 0 saturated heterocycles. The summed E-state index contributed by atoms with van der Waals surface area (Å²) < 4.78 is 11.2. The number of carbonyl (C=O) groups excluding carboxylic acids is 1. The summed E-state index contributed by atoms with van der Waals surface area (Å²) in [7, 11) is -0.872. The molecule has 0 bridgehead atoms. The summed E-state index contributed by atoms with van der Waals surface area (Å²) in [5.41, 5.74) is 5.75. The van der Waals surface area contributed by atoms with Crippen LogP contribution >= 0.6 is 11.3 Å². The smallest absolute Gasteiger partial charge is 0.265 e. The molecule has 0 aliphatic heterocycles. The van der Waals surface area contributed by atoms with Gasteiger partial charge >= 0.3 is 0 Å². The molecule has 1 amide bonds. The van der Waals surface area contributed by atoms with Crippen LogP contribution in [0.5, 0.6) is 0 Å². The van der Waals surface area contributed by atoms with Crippen molar-refractivity contribution in [2.45, 2.75) is 38.5 Å². The molecule has 1 aromatic rings. The van der Waals surface area contributed by atoms with Gasteiger partial charge in [0.1, 0.15) is 10.7 Å². The molecule has 0 fully saturated rings. The Kier molecular flexibility index (Phi) is 6.41. The van der Waals surface area contributed by atoms with Crippen LogP contribution in [0.1, 0.15) is 36.9 Å². The van der Waals surface area contributed by atoms with Gasteiger partial charge in [-0.2, -0.15) is 0 Å². The van der Waals surface area contributed by atoms with Crippen molar-refractivity contribution in [1.82, 2.24) is 10.3 Å². The molecule has 6 nitrogen and oxygen atoms in total. The summed E-state index contributed by atoms with van der Waals surface area (Å²) in [6, 6.07) is 0.233. The fourth-order valence-corrected chi connectivity index (χ4v) is 2.84. The number of carbonyl (C=O) groups is 1. The molecule has 4 N–H and O–H groups in total. The number of nitrogens with two attached hydrogens (primary N) is 1. The van der Waals surface area contributed by atoms with E-state index in [4.69, 9.17) is 5.73 Å². The monoisotopic (exact) mass is 318 g/mol. The van der Waals surface area contributed by atoms with Crippen LogP contribution in [0.4, 0.5) is 10.9 Å². The molecule has 1 heterocycles. The largest absolute Gasteiger partial charge is 0.382 e. The van der Waals surface area contributed by atoms with Gasteiger partial charge in [-0.15, -0.1) is 0 Å². The second-order valence-electron chi connectivity index (χ2n) is 4.89. The van der Waals surface area contributed by atoms with Crippen LogP contribution < -0.4 is 16.4 Å². The maximum absolute atomic E-state index is 12.0. The lowest BCUT2D eigenvalue weighted by molar-refractivity contribution is 0.0958. The van der Waals surface area contributed by atoms with E-state index < -0.39 is 10.8 Å². The number of amides is 1. The van der Waals surface area contributed by atoms with Crippen LogP contribution in [0.2, 0.25) is 0 Å². The molecule has 0 aliphatic carbocycles. The van der Waals surface area contributed by atoms with E-state index in [1.807, 2.05) is 20.8 Å². The van der Waals surface area contributed by atoms with Crippen LogP contribution in [0, 0.1) is 0 Å². The lowest BCUT2D eigenvalue weighted by Crippen LogP contribution is -2.27. The van der Waals surface area contributed by atoms with Crippen LogP contribution in [-0.4, -0.2) is 39.2 Å². The SMILES string of the molecule is CC(C)Nc1nc(N)c(C(=O)NCCC(C)S(C)=O)s1. The molecular weight excluding hydrogens is 296 g/mol. The highest BCUT2D eigenvalue weighted by atomic mass is 32.2. The van der Waals surface area contributed by atoms with Gasteiger partial charge in [-0.05, 0) is 20.3 Å². The number of rotatable bonds is 7. The van der Waals surface area contributed by atoms with E-state index in [1.165, 1.54) is 11.3 Å². The molecular formula is C12H22N4O2S2. The summed E-state index contributed by atoms with van der Waals surface area (Å²) in [4.78, 5) is 16.5. The number of nitrogen functional groups attached to an aromatic ring is 1. The molecule has 0 spiro atoms. The third-order valence-electron chi connectivity index (χ3n) is 2.67. The van der Waals surface area contributed by atoms with Crippen molar-refractivity contribution in [1.29, 1.82) is 0 Å². The molecule has 0 saturated carbocycles. The Morgan fingerprint density at radius 1 is 1.45 bits per heavy atom.